The van der Waals surface area contributed by atoms with Gasteiger partial charge in [0.15, 0.2) is 6.10 Å². The first kappa shape index (κ1) is 11.6. The molecule has 1 rings (SSSR count). The second-order valence-corrected chi connectivity index (χ2v) is 3.67. The molecule has 82 valence electrons. The van der Waals surface area contributed by atoms with Crippen molar-refractivity contribution in [3.05, 3.63) is 29.3 Å². The van der Waals surface area contributed by atoms with Crippen LogP contribution in [0.3, 0.4) is 0 Å². The number of nitrogens with two attached hydrogens (primary N) is 1. The quantitative estimate of drug-likeness (QED) is 0.587. The Morgan fingerprint density at radius 1 is 1.47 bits per heavy atom. The van der Waals surface area contributed by atoms with Crippen LogP contribution in [0.1, 0.15) is 24.5 Å². The minimum Gasteiger partial charge on any atom is -0.482 e. The van der Waals surface area contributed by atoms with Crippen LogP contribution in [0.2, 0.25) is 0 Å². The zero-order valence-electron chi connectivity index (χ0n) is 9.50. The third-order valence-corrected chi connectivity index (χ3v) is 2.54. The molecule has 0 aliphatic rings. The fourth-order valence-electron chi connectivity index (χ4n) is 1.37. The van der Waals surface area contributed by atoms with Gasteiger partial charge in [-0.15, -0.1) is 0 Å². The summed E-state index contributed by atoms with van der Waals surface area (Å²) in [6.45, 7) is 6.01. The van der Waals surface area contributed by atoms with Gasteiger partial charge in [-0.2, -0.15) is 0 Å². The van der Waals surface area contributed by atoms with Crippen LogP contribution in [-0.2, 0) is 0 Å². The smallest absolute Gasteiger partial charge is 0.155 e. The first-order valence-electron chi connectivity index (χ1n) is 5.13. The van der Waals surface area contributed by atoms with Crippen molar-refractivity contribution in [2.24, 2.45) is 5.73 Å². The molecule has 0 aromatic heterocycles. The second kappa shape index (κ2) is 4.82. The summed E-state index contributed by atoms with van der Waals surface area (Å²) in [5, 5.41) is 7.38. The maximum absolute atomic E-state index is 7.38. The Morgan fingerprint density at radius 2 is 2.13 bits per heavy atom. The molecule has 1 unspecified atom stereocenters. The van der Waals surface area contributed by atoms with E-state index >= 15 is 0 Å². The van der Waals surface area contributed by atoms with Gasteiger partial charge in [0.25, 0.3) is 0 Å². The number of hydrogen-bond acceptors (Lipinski definition) is 2. The van der Waals surface area contributed by atoms with Gasteiger partial charge in [0.05, 0.1) is 0 Å². The molecule has 1 aromatic carbocycles. The van der Waals surface area contributed by atoms with Gasteiger partial charge in [-0.05, 0) is 37.5 Å². The van der Waals surface area contributed by atoms with Crippen LogP contribution < -0.4 is 10.5 Å². The van der Waals surface area contributed by atoms with Gasteiger partial charge in [0, 0.05) is 0 Å². The standard InChI is InChI=1S/C12H18N2O/c1-4-10(12(13)14)15-11-7-5-6-8(2)9(11)3/h5-7,10H,4H2,1-3H3,(H3,13,14). The van der Waals surface area contributed by atoms with Crippen LogP contribution in [0.15, 0.2) is 18.2 Å². The Hall–Kier alpha value is -1.51. The molecule has 0 saturated carbocycles. The average molecular weight is 206 g/mol. The Bertz CT molecular complexity index is 361. The summed E-state index contributed by atoms with van der Waals surface area (Å²) in [4.78, 5) is 0. The van der Waals surface area contributed by atoms with Crippen molar-refractivity contribution >= 4 is 5.84 Å². The molecular formula is C12H18N2O. The van der Waals surface area contributed by atoms with E-state index in [1.807, 2.05) is 39.0 Å². The molecule has 0 aliphatic carbocycles. The van der Waals surface area contributed by atoms with Crippen LogP contribution in [0, 0.1) is 19.3 Å². The molecule has 0 bridgehead atoms. The van der Waals surface area contributed by atoms with Gasteiger partial charge >= 0.3 is 0 Å². The summed E-state index contributed by atoms with van der Waals surface area (Å²) in [5.41, 5.74) is 7.74. The summed E-state index contributed by atoms with van der Waals surface area (Å²) in [6, 6.07) is 5.90. The number of benzene rings is 1. The lowest BCUT2D eigenvalue weighted by Crippen LogP contribution is -2.32. The highest BCUT2D eigenvalue weighted by Crippen LogP contribution is 2.22. The molecule has 0 radical (unpaired) electrons. The van der Waals surface area contributed by atoms with Gasteiger partial charge in [-0.3, -0.25) is 5.41 Å². The van der Waals surface area contributed by atoms with Crippen molar-refractivity contribution in [2.45, 2.75) is 33.3 Å². The first-order valence-corrected chi connectivity index (χ1v) is 5.13. The molecule has 0 fully saturated rings. The maximum atomic E-state index is 7.38. The van der Waals surface area contributed by atoms with E-state index in [-0.39, 0.29) is 11.9 Å². The molecule has 0 heterocycles. The lowest BCUT2D eigenvalue weighted by molar-refractivity contribution is 0.258. The number of ether oxygens (including phenoxy) is 1. The molecule has 3 heteroatoms. The van der Waals surface area contributed by atoms with Crippen LogP contribution in [-0.4, -0.2) is 11.9 Å². The summed E-state index contributed by atoms with van der Waals surface area (Å²) in [6.07, 6.45) is 0.397. The number of nitrogens with one attached hydrogen (secondary N) is 1. The zero-order valence-corrected chi connectivity index (χ0v) is 9.50. The second-order valence-electron chi connectivity index (χ2n) is 3.67. The molecular weight excluding hydrogens is 188 g/mol. The van der Waals surface area contributed by atoms with Crippen LogP contribution >= 0.6 is 0 Å². The number of hydrogen-bond donors (Lipinski definition) is 2. The van der Waals surface area contributed by atoms with Crippen LogP contribution in [0.25, 0.3) is 0 Å². The van der Waals surface area contributed by atoms with Gasteiger partial charge in [0.2, 0.25) is 0 Å². The average Bonchev–Trinajstić information content (AvgIpc) is 2.19. The molecule has 15 heavy (non-hydrogen) atoms. The van der Waals surface area contributed by atoms with Crippen molar-refractivity contribution in [1.29, 1.82) is 5.41 Å². The van der Waals surface area contributed by atoms with Crippen molar-refractivity contribution in [2.75, 3.05) is 0 Å². The molecule has 0 saturated heterocycles. The third kappa shape index (κ3) is 2.72. The molecule has 0 aliphatic heterocycles. The largest absolute Gasteiger partial charge is 0.482 e. The lowest BCUT2D eigenvalue weighted by Gasteiger charge is -2.18. The van der Waals surface area contributed by atoms with E-state index < -0.39 is 0 Å². The van der Waals surface area contributed by atoms with Gasteiger partial charge in [-0.25, -0.2) is 0 Å². The monoisotopic (exact) mass is 206 g/mol. The molecule has 0 amide bonds. The summed E-state index contributed by atoms with van der Waals surface area (Å²) in [7, 11) is 0. The number of rotatable bonds is 4. The number of aryl methyl sites for hydroxylation is 1. The minimum atomic E-state index is -0.314. The Morgan fingerprint density at radius 3 is 2.67 bits per heavy atom. The highest BCUT2D eigenvalue weighted by atomic mass is 16.5. The van der Waals surface area contributed by atoms with Gasteiger partial charge < -0.3 is 10.5 Å². The van der Waals surface area contributed by atoms with E-state index in [2.05, 4.69) is 0 Å². The number of amidine groups is 1. The van der Waals surface area contributed by atoms with Crippen molar-refractivity contribution < 1.29 is 4.74 Å². The van der Waals surface area contributed by atoms with Crippen molar-refractivity contribution in [1.82, 2.24) is 0 Å². The SMILES string of the molecule is CCC(Oc1cccc(C)c1C)C(=N)N. The Labute approximate surface area is 90.8 Å². The van der Waals surface area contributed by atoms with E-state index in [4.69, 9.17) is 15.9 Å². The van der Waals surface area contributed by atoms with Gasteiger partial charge in [-0.1, -0.05) is 19.1 Å². The molecule has 3 N–H and O–H groups in total. The lowest BCUT2D eigenvalue weighted by atomic mass is 10.1. The minimum absolute atomic E-state index is 0.0819. The van der Waals surface area contributed by atoms with Crippen molar-refractivity contribution in [3.63, 3.8) is 0 Å². The Kier molecular flexibility index (Phi) is 3.72. The fourth-order valence-corrected chi connectivity index (χ4v) is 1.37. The Balaban J connectivity index is 2.88. The molecule has 1 aromatic rings. The van der Waals surface area contributed by atoms with Crippen LogP contribution in [0.5, 0.6) is 5.75 Å². The molecule has 0 spiro atoms. The highest BCUT2D eigenvalue weighted by Gasteiger charge is 2.12. The molecule has 1 atom stereocenters. The summed E-state index contributed by atoms with van der Waals surface area (Å²) in [5.74, 6) is 0.899. The normalized spacial score (nSPS) is 12.2. The van der Waals surface area contributed by atoms with Crippen molar-refractivity contribution in [3.8, 4) is 5.75 Å². The summed E-state index contributed by atoms with van der Waals surface area (Å²) < 4.78 is 5.69. The third-order valence-electron chi connectivity index (χ3n) is 2.54. The van der Waals surface area contributed by atoms with Crippen LogP contribution in [0.4, 0.5) is 0 Å². The molecule has 3 nitrogen and oxygen atoms in total. The van der Waals surface area contributed by atoms with E-state index in [0.29, 0.717) is 6.42 Å². The van der Waals surface area contributed by atoms with E-state index in [1.54, 1.807) is 0 Å². The predicted molar refractivity (Wildman–Crippen MR) is 62.5 cm³/mol. The maximum Gasteiger partial charge on any atom is 0.155 e. The topological polar surface area (TPSA) is 59.1 Å². The van der Waals surface area contributed by atoms with E-state index in [1.165, 1.54) is 5.56 Å². The van der Waals surface area contributed by atoms with Gasteiger partial charge in [0.1, 0.15) is 11.6 Å². The zero-order chi connectivity index (χ0) is 11.4. The van der Waals surface area contributed by atoms with E-state index in [0.717, 1.165) is 11.3 Å². The highest BCUT2D eigenvalue weighted by molar-refractivity contribution is 5.82. The fraction of sp³-hybridized carbons (Fsp3) is 0.417. The first-order chi connectivity index (χ1) is 7.06. The summed E-state index contributed by atoms with van der Waals surface area (Å²) >= 11 is 0. The predicted octanol–water partition coefficient (Wildman–Crippen LogP) is 2.40. The van der Waals surface area contributed by atoms with E-state index in [9.17, 15) is 0 Å².